The molecule has 0 amide bonds. The highest BCUT2D eigenvalue weighted by atomic mass is 16.5. The Hall–Kier alpha value is -0.570. The Labute approximate surface area is 195 Å². The van der Waals surface area contributed by atoms with Crippen molar-refractivity contribution < 1.29 is 14.6 Å². The van der Waals surface area contributed by atoms with Crippen LogP contribution in [0.2, 0.25) is 0 Å². The third kappa shape index (κ3) is 23.9. The lowest BCUT2D eigenvalue weighted by atomic mass is 9.96. The van der Waals surface area contributed by atoms with Crippen LogP contribution in [0.15, 0.2) is 0 Å². The Morgan fingerprint density at radius 3 is 1.26 bits per heavy atom. The molecule has 0 aromatic heterocycles. The molecule has 3 heteroatoms. The Kier molecular flexibility index (Phi) is 22.2. The number of aliphatic hydroxyl groups is 1. The lowest BCUT2D eigenvalue weighted by Crippen LogP contribution is -2.25. The highest BCUT2D eigenvalue weighted by Crippen LogP contribution is 2.16. The van der Waals surface area contributed by atoms with Gasteiger partial charge in [-0.25, -0.2) is 0 Å². The van der Waals surface area contributed by atoms with Crippen molar-refractivity contribution in [3.05, 3.63) is 0 Å². The van der Waals surface area contributed by atoms with Crippen LogP contribution in [0.4, 0.5) is 0 Å². The first-order valence-electron chi connectivity index (χ1n) is 13.8. The first-order chi connectivity index (χ1) is 15.0. The molecular formula is C28H56O3. The molecule has 31 heavy (non-hydrogen) atoms. The zero-order valence-electron chi connectivity index (χ0n) is 21.5. The Balaban J connectivity index is 3.16. The normalized spacial score (nSPS) is 11.7. The summed E-state index contributed by atoms with van der Waals surface area (Å²) < 4.78 is 5.24. The van der Waals surface area contributed by atoms with E-state index in [4.69, 9.17) is 9.84 Å². The van der Waals surface area contributed by atoms with E-state index in [1.807, 2.05) is 13.8 Å². The first-order valence-corrected chi connectivity index (χ1v) is 13.8. The number of carbonyl (C=O) groups is 1. The predicted octanol–water partition coefficient (Wildman–Crippen LogP) is 8.76. The standard InChI is InChI=1S/C28H56O3/c1-4-5-6-7-8-9-10-11-12-13-14-15-16-17-18-19-20-21-22-23-24-27(30)31-26-28(2,3)25-29/h29H,4-26H2,1-3H3. The highest BCUT2D eigenvalue weighted by Gasteiger charge is 2.18. The van der Waals surface area contributed by atoms with Crippen LogP contribution in [-0.4, -0.2) is 24.3 Å². The van der Waals surface area contributed by atoms with Gasteiger partial charge in [0.25, 0.3) is 0 Å². The van der Waals surface area contributed by atoms with Crippen LogP contribution in [0.5, 0.6) is 0 Å². The second kappa shape index (κ2) is 22.6. The Morgan fingerprint density at radius 2 is 0.935 bits per heavy atom. The maximum absolute atomic E-state index is 11.7. The summed E-state index contributed by atoms with van der Waals surface area (Å²) in [6.45, 7) is 6.44. The highest BCUT2D eigenvalue weighted by molar-refractivity contribution is 5.69. The molecule has 0 rings (SSSR count). The van der Waals surface area contributed by atoms with Crippen LogP contribution in [-0.2, 0) is 9.53 Å². The summed E-state index contributed by atoms with van der Waals surface area (Å²) in [4.78, 5) is 11.7. The second-order valence-corrected chi connectivity index (χ2v) is 10.5. The van der Waals surface area contributed by atoms with Gasteiger partial charge in [0, 0.05) is 11.8 Å². The predicted molar refractivity (Wildman–Crippen MR) is 134 cm³/mol. The maximum atomic E-state index is 11.7. The van der Waals surface area contributed by atoms with E-state index in [2.05, 4.69) is 6.92 Å². The summed E-state index contributed by atoms with van der Waals surface area (Å²) in [5.74, 6) is -0.121. The van der Waals surface area contributed by atoms with E-state index in [1.54, 1.807) is 0 Å². The van der Waals surface area contributed by atoms with Crippen LogP contribution in [0.25, 0.3) is 0 Å². The molecule has 186 valence electrons. The SMILES string of the molecule is CCCCCCCCCCCCCCCCCCCCCCC(=O)OCC(C)(C)CO. The fraction of sp³-hybridized carbons (Fsp3) is 0.964. The van der Waals surface area contributed by atoms with Crippen molar-refractivity contribution in [2.24, 2.45) is 5.41 Å². The average Bonchev–Trinajstić information content (AvgIpc) is 2.76. The molecule has 0 aliphatic heterocycles. The van der Waals surface area contributed by atoms with E-state index < -0.39 is 0 Å². The van der Waals surface area contributed by atoms with E-state index in [1.165, 1.54) is 116 Å². The molecule has 0 fully saturated rings. The molecule has 0 radical (unpaired) electrons. The van der Waals surface area contributed by atoms with Crippen LogP contribution in [0.3, 0.4) is 0 Å². The van der Waals surface area contributed by atoms with Crippen molar-refractivity contribution >= 4 is 5.97 Å². The summed E-state index contributed by atoms with van der Waals surface area (Å²) in [6.07, 6.45) is 27.8. The number of unbranched alkanes of at least 4 members (excludes halogenated alkanes) is 19. The minimum Gasteiger partial charge on any atom is -0.465 e. The quantitative estimate of drug-likeness (QED) is 0.120. The van der Waals surface area contributed by atoms with E-state index in [9.17, 15) is 4.79 Å². The summed E-state index contributed by atoms with van der Waals surface area (Å²) in [7, 11) is 0. The van der Waals surface area contributed by atoms with Crippen molar-refractivity contribution in [3.63, 3.8) is 0 Å². The molecule has 0 bridgehead atoms. The number of ether oxygens (including phenoxy) is 1. The average molecular weight is 441 g/mol. The number of carbonyl (C=O) groups excluding carboxylic acids is 1. The Morgan fingerprint density at radius 1 is 0.613 bits per heavy atom. The first kappa shape index (κ1) is 30.4. The molecule has 3 nitrogen and oxygen atoms in total. The fourth-order valence-electron chi connectivity index (χ4n) is 3.92. The molecular weight excluding hydrogens is 384 g/mol. The lowest BCUT2D eigenvalue weighted by molar-refractivity contribution is -0.147. The molecule has 0 heterocycles. The second-order valence-electron chi connectivity index (χ2n) is 10.5. The van der Waals surface area contributed by atoms with E-state index in [0.717, 1.165) is 12.8 Å². The van der Waals surface area contributed by atoms with Gasteiger partial charge >= 0.3 is 5.97 Å². The van der Waals surface area contributed by atoms with Gasteiger partial charge < -0.3 is 9.84 Å². The molecule has 0 aliphatic carbocycles. The third-order valence-corrected chi connectivity index (χ3v) is 6.29. The summed E-state index contributed by atoms with van der Waals surface area (Å²) in [5.41, 5.74) is -0.330. The minimum atomic E-state index is -0.330. The third-order valence-electron chi connectivity index (χ3n) is 6.29. The molecule has 0 aliphatic rings. The van der Waals surface area contributed by atoms with Gasteiger partial charge in [-0.3, -0.25) is 4.79 Å². The summed E-state index contributed by atoms with van der Waals surface area (Å²) in [5, 5.41) is 9.17. The molecule has 0 spiro atoms. The van der Waals surface area contributed by atoms with Crippen LogP contribution in [0, 0.1) is 5.41 Å². The molecule has 0 saturated heterocycles. The number of rotatable bonds is 24. The van der Waals surface area contributed by atoms with E-state index in [-0.39, 0.29) is 18.0 Å². The Bertz CT molecular complexity index is 378. The number of hydrogen-bond donors (Lipinski definition) is 1. The number of hydrogen-bond acceptors (Lipinski definition) is 3. The van der Waals surface area contributed by atoms with E-state index in [0.29, 0.717) is 13.0 Å². The number of aliphatic hydroxyl groups excluding tert-OH is 1. The van der Waals surface area contributed by atoms with Crippen LogP contribution >= 0.6 is 0 Å². The van der Waals surface area contributed by atoms with Crippen molar-refractivity contribution in [1.29, 1.82) is 0 Å². The van der Waals surface area contributed by atoms with Gasteiger partial charge in [0.2, 0.25) is 0 Å². The topological polar surface area (TPSA) is 46.5 Å². The largest absolute Gasteiger partial charge is 0.465 e. The lowest BCUT2D eigenvalue weighted by Gasteiger charge is -2.20. The molecule has 0 aromatic carbocycles. The summed E-state index contributed by atoms with van der Waals surface area (Å²) in [6, 6.07) is 0. The maximum Gasteiger partial charge on any atom is 0.305 e. The van der Waals surface area contributed by atoms with Gasteiger partial charge in [0.05, 0.1) is 13.2 Å². The van der Waals surface area contributed by atoms with E-state index >= 15 is 0 Å². The van der Waals surface area contributed by atoms with Gasteiger partial charge in [-0.1, -0.05) is 143 Å². The van der Waals surface area contributed by atoms with Gasteiger partial charge in [-0.2, -0.15) is 0 Å². The molecule has 1 N–H and O–H groups in total. The van der Waals surface area contributed by atoms with Crippen molar-refractivity contribution in [2.75, 3.05) is 13.2 Å². The van der Waals surface area contributed by atoms with Gasteiger partial charge in [-0.05, 0) is 6.42 Å². The van der Waals surface area contributed by atoms with Crippen LogP contribution < -0.4 is 0 Å². The van der Waals surface area contributed by atoms with Crippen molar-refractivity contribution in [3.8, 4) is 0 Å². The zero-order chi connectivity index (χ0) is 23.0. The van der Waals surface area contributed by atoms with Gasteiger partial charge in [-0.15, -0.1) is 0 Å². The number of esters is 1. The smallest absolute Gasteiger partial charge is 0.305 e. The zero-order valence-corrected chi connectivity index (χ0v) is 21.5. The molecule has 0 unspecified atom stereocenters. The monoisotopic (exact) mass is 440 g/mol. The molecule has 0 aromatic rings. The van der Waals surface area contributed by atoms with Crippen LogP contribution in [0.1, 0.15) is 156 Å². The van der Waals surface area contributed by atoms with Gasteiger partial charge in [0.1, 0.15) is 0 Å². The van der Waals surface area contributed by atoms with Crippen molar-refractivity contribution in [2.45, 2.75) is 156 Å². The molecule has 0 atom stereocenters. The van der Waals surface area contributed by atoms with Gasteiger partial charge in [0.15, 0.2) is 0 Å². The summed E-state index contributed by atoms with van der Waals surface area (Å²) >= 11 is 0. The molecule has 0 saturated carbocycles. The van der Waals surface area contributed by atoms with Crippen molar-refractivity contribution in [1.82, 2.24) is 0 Å². The fourth-order valence-corrected chi connectivity index (χ4v) is 3.92. The minimum absolute atomic E-state index is 0.0413.